The lowest BCUT2D eigenvalue weighted by Crippen LogP contribution is -2.61. The molecule has 2 nitrogen and oxygen atoms in total. The number of thioether (sulfide) groups is 1. The Balaban J connectivity index is 2.00. The lowest BCUT2D eigenvalue weighted by molar-refractivity contribution is -0.00650. The minimum absolute atomic E-state index is 0.765. The summed E-state index contributed by atoms with van der Waals surface area (Å²) in [4.78, 5) is 5.56. The van der Waals surface area contributed by atoms with E-state index in [0.717, 1.165) is 23.3 Å². The molecule has 2 aliphatic heterocycles. The number of nitrogens with zero attached hydrogens (tertiary/aromatic N) is 2. The molecule has 0 aromatic carbocycles. The number of piperidine rings is 1. The van der Waals surface area contributed by atoms with Crippen molar-refractivity contribution >= 4 is 11.8 Å². The van der Waals surface area contributed by atoms with Crippen molar-refractivity contribution < 1.29 is 0 Å². The van der Waals surface area contributed by atoms with Crippen molar-refractivity contribution in [3.05, 3.63) is 0 Å². The van der Waals surface area contributed by atoms with Crippen molar-refractivity contribution in [2.75, 3.05) is 32.4 Å². The van der Waals surface area contributed by atoms with Gasteiger partial charge < -0.3 is 0 Å². The van der Waals surface area contributed by atoms with Crippen LogP contribution < -0.4 is 0 Å². The van der Waals surface area contributed by atoms with E-state index in [1.54, 1.807) is 0 Å². The van der Waals surface area contributed by atoms with Crippen LogP contribution in [0.2, 0.25) is 0 Å². The van der Waals surface area contributed by atoms with E-state index in [-0.39, 0.29) is 0 Å². The maximum atomic E-state index is 2.79. The zero-order valence-corrected chi connectivity index (χ0v) is 13.4. The van der Waals surface area contributed by atoms with E-state index in [4.69, 9.17) is 0 Å². The number of piperazine rings is 1. The van der Waals surface area contributed by atoms with Crippen LogP contribution in [0.4, 0.5) is 0 Å². The van der Waals surface area contributed by atoms with Gasteiger partial charge in [0.15, 0.2) is 0 Å². The maximum absolute atomic E-state index is 2.79. The van der Waals surface area contributed by atoms with E-state index in [1.807, 2.05) is 11.8 Å². The summed E-state index contributed by atoms with van der Waals surface area (Å²) in [6, 6.07) is 1.62. The Kier molecular flexibility index (Phi) is 5.40. The third-order valence-corrected chi connectivity index (χ3v) is 5.70. The summed E-state index contributed by atoms with van der Waals surface area (Å²) in [7, 11) is 0. The molecular formula is C15H30N2S. The first-order chi connectivity index (χ1) is 8.61. The molecule has 2 rings (SSSR count). The van der Waals surface area contributed by atoms with Crippen LogP contribution in [0.3, 0.4) is 0 Å². The Labute approximate surface area is 117 Å². The van der Waals surface area contributed by atoms with Gasteiger partial charge in [-0.15, -0.1) is 0 Å². The highest BCUT2D eigenvalue weighted by Gasteiger charge is 2.36. The molecule has 0 aliphatic carbocycles. The molecule has 18 heavy (non-hydrogen) atoms. The predicted octanol–water partition coefficient (Wildman–Crippen LogP) is 2.93. The Morgan fingerprint density at radius 1 is 1.17 bits per heavy atom. The number of hydrogen-bond acceptors (Lipinski definition) is 3. The largest absolute Gasteiger partial charge is 0.298 e. The van der Waals surface area contributed by atoms with E-state index >= 15 is 0 Å². The van der Waals surface area contributed by atoms with Gasteiger partial charge in [0.1, 0.15) is 0 Å². The Hall–Kier alpha value is 0.270. The number of hydrogen-bond donors (Lipinski definition) is 0. The molecule has 2 fully saturated rings. The van der Waals surface area contributed by atoms with E-state index in [1.165, 1.54) is 45.4 Å². The first kappa shape index (κ1) is 14.7. The maximum Gasteiger partial charge on any atom is 0.0247 e. The van der Waals surface area contributed by atoms with Crippen LogP contribution >= 0.6 is 11.8 Å². The van der Waals surface area contributed by atoms with Crippen LogP contribution in [-0.2, 0) is 0 Å². The molecule has 0 saturated carbocycles. The molecule has 0 amide bonds. The molecular weight excluding hydrogens is 240 g/mol. The molecule has 0 aromatic rings. The topological polar surface area (TPSA) is 6.48 Å². The zero-order chi connectivity index (χ0) is 13.1. The van der Waals surface area contributed by atoms with Crippen molar-refractivity contribution in [1.82, 2.24) is 9.80 Å². The first-order valence-corrected chi connectivity index (χ1v) is 8.91. The summed E-state index contributed by atoms with van der Waals surface area (Å²) < 4.78 is 0. The quantitative estimate of drug-likeness (QED) is 0.775. The van der Waals surface area contributed by atoms with E-state index < -0.39 is 0 Å². The monoisotopic (exact) mass is 270 g/mol. The van der Waals surface area contributed by atoms with Crippen molar-refractivity contribution in [2.45, 2.75) is 57.4 Å². The molecule has 0 aromatic heterocycles. The average Bonchev–Trinajstić information content (AvgIpc) is 2.37. The van der Waals surface area contributed by atoms with Crippen molar-refractivity contribution in [3.63, 3.8) is 0 Å². The summed E-state index contributed by atoms with van der Waals surface area (Å²) >= 11 is 2.01. The fraction of sp³-hybridized carbons (Fsp3) is 1.00. The summed E-state index contributed by atoms with van der Waals surface area (Å²) in [6.07, 6.45) is 6.53. The van der Waals surface area contributed by atoms with Gasteiger partial charge in [-0.2, -0.15) is 11.8 Å². The van der Waals surface area contributed by atoms with Crippen LogP contribution in [0.25, 0.3) is 0 Å². The molecule has 2 saturated heterocycles. The van der Waals surface area contributed by atoms with Crippen molar-refractivity contribution in [1.29, 1.82) is 0 Å². The lowest BCUT2D eigenvalue weighted by atomic mass is 9.92. The molecule has 106 valence electrons. The highest BCUT2D eigenvalue weighted by molar-refractivity contribution is 7.99. The summed E-state index contributed by atoms with van der Waals surface area (Å²) in [5.74, 6) is 0.780. The highest BCUT2D eigenvalue weighted by atomic mass is 32.2. The van der Waals surface area contributed by atoms with Gasteiger partial charge in [0.25, 0.3) is 0 Å². The van der Waals surface area contributed by atoms with Crippen molar-refractivity contribution in [3.8, 4) is 0 Å². The lowest BCUT2D eigenvalue weighted by Gasteiger charge is -2.50. The second kappa shape index (κ2) is 6.62. The van der Waals surface area contributed by atoms with E-state index in [9.17, 15) is 0 Å². The van der Waals surface area contributed by atoms with Gasteiger partial charge in [-0.25, -0.2) is 0 Å². The fourth-order valence-corrected chi connectivity index (χ4v) is 3.86. The first-order valence-electron chi connectivity index (χ1n) is 7.62. The molecule has 0 N–H and O–H groups in total. The molecule has 0 radical (unpaired) electrons. The van der Waals surface area contributed by atoms with Crippen LogP contribution in [0.1, 0.15) is 40.0 Å². The molecule has 0 spiro atoms. The highest BCUT2D eigenvalue weighted by Crippen LogP contribution is 2.27. The summed E-state index contributed by atoms with van der Waals surface area (Å²) in [5.41, 5.74) is 0. The molecule has 2 heterocycles. The van der Waals surface area contributed by atoms with Crippen LogP contribution in [0.15, 0.2) is 0 Å². The van der Waals surface area contributed by atoms with Gasteiger partial charge in [-0.1, -0.05) is 27.2 Å². The van der Waals surface area contributed by atoms with E-state index in [0.29, 0.717) is 0 Å². The smallest absolute Gasteiger partial charge is 0.0247 e. The zero-order valence-electron chi connectivity index (χ0n) is 12.6. The molecule has 2 aliphatic rings. The van der Waals surface area contributed by atoms with Gasteiger partial charge in [-0.05, 0) is 31.6 Å². The van der Waals surface area contributed by atoms with Crippen LogP contribution in [0.5, 0.6) is 0 Å². The van der Waals surface area contributed by atoms with Crippen molar-refractivity contribution in [2.24, 2.45) is 5.92 Å². The fourth-order valence-electron chi connectivity index (χ4n) is 3.52. The third kappa shape index (κ3) is 3.43. The Bertz CT molecular complexity index is 257. The second-order valence-electron chi connectivity index (χ2n) is 6.46. The van der Waals surface area contributed by atoms with E-state index in [2.05, 4.69) is 36.8 Å². The van der Waals surface area contributed by atoms with Gasteiger partial charge in [0, 0.05) is 37.0 Å². The van der Waals surface area contributed by atoms with Gasteiger partial charge >= 0.3 is 0 Å². The minimum atomic E-state index is 0.765. The van der Waals surface area contributed by atoms with Gasteiger partial charge in [0.2, 0.25) is 0 Å². The normalized spacial score (nSPS) is 32.5. The van der Waals surface area contributed by atoms with Crippen LogP contribution in [-0.4, -0.2) is 59.6 Å². The Morgan fingerprint density at radius 2 is 1.94 bits per heavy atom. The SMILES string of the molecule is CSC(C)CN1CC2CCCCN2CC1C(C)C. The van der Waals surface area contributed by atoms with Gasteiger partial charge in [0.05, 0.1) is 0 Å². The Morgan fingerprint density at radius 3 is 2.61 bits per heavy atom. The van der Waals surface area contributed by atoms with Gasteiger partial charge in [-0.3, -0.25) is 9.80 Å². The predicted molar refractivity (Wildman–Crippen MR) is 82.4 cm³/mol. The summed E-state index contributed by atoms with van der Waals surface area (Å²) in [6.45, 7) is 12.4. The molecule has 3 heteroatoms. The number of rotatable bonds is 4. The second-order valence-corrected chi connectivity index (χ2v) is 7.73. The molecule has 0 bridgehead atoms. The molecule has 3 unspecified atom stereocenters. The molecule has 3 atom stereocenters. The summed E-state index contributed by atoms with van der Waals surface area (Å²) in [5, 5.41) is 0.765. The average molecular weight is 270 g/mol. The van der Waals surface area contributed by atoms with Crippen LogP contribution in [0, 0.1) is 5.92 Å². The standard InChI is InChI=1S/C15H30N2S/c1-12(2)15-11-16-8-6-5-7-14(16)10-17(15)9-13(3)18-4/h12-15H,5-11H2,1-4H3. The minimum Gasteiger partial charge on any atom is -0.298 e. The number of fused-ring (bicyclic) bond motifs is 1. The third-order valence-electron chi connectivity index (χ3n) is 4.75.